The highest BCUT2D eigenvalue weighted by Crippen LogP contribution is 2.31. The molecule has 3 heterocycles. The third-order valence-electron chi connectivity index (χ3n) is 6.04. The monoisotopic (exact) mass is 381 g/mol. The van der Waals surface area contributed by atoms with Gasteiger partial charge in [-0.2, -0.15) is 0 Å². The van der Waals surface area contributed by atoms with Gasteiger partial charge in [0.2, 0.25) is 5.91 Å². The average molecular weight is 381 g/mol. The van der Waals surface area contributed by atoms with Crippen LogP contribution in [0.3, 0.4) is 0 Å². The first-order valence-electron chi connectivity index (χ1n) is 10.1. The largest absolute Gasteiger partial charge is 0.469 e. The number of hydrogen-bond donors (Lipinski definition) is 2. The SMILES string of the molecule is O=C1CCC2(CCN(C(=O)NCC[C@H](c3ccccc3)c3ccco3)CC2)N1. The molecule has 3 amide bonds. The van der Waals surface area contributed by atoms with Gasteiger partial charge in [0.25, 0.3) is 0 Å². The van der Waals surface area contributed by atoms with Crippen LogP contribution in [0.15, 0.2) is 53.1 Å². The molecule has 0 unspecified atom stereocenters. The molecule has 0 aliphatic carbocycles. The zero-order valence-electron chi connectivity index (χ0n) is 16.0. The molecular formula is C22H27N3O3. The Morgan fingerprint density at radius 2 is 1.93 bits per heavy atom. The number of carbonyl (C=O) groups excluding carboxylic acids is 2. The fraction of sp³-hybridized carbons (Fsp3) is 0.455. The van der Waals surface area contributed by atoms with Crippen LogP contribution in [0.2, 0.25) is 0 Å². The number of urea groups is 1. The van der Waals surface area contributed by atoms with Crippen LogP contribution in [-0.2, 0) is 4.79 Å². The van der Waals surface area contributed by atoms with Crippen molar-refractivity contribution in [3.05, 3.63) is 60.1 Å². The van der Waals surface area contributed by atoms with Crippen molar-refractivity contribution in [2.24, 2.45) is 0 Å². The molecule has 4 rings (SSSR count). The molecular weight excluding hydrogens is 354 g/mol. The lowest BCUT2D eigenvalue weighted by atomic mass is 9.86. The number of piperidine rings is 1. The maximum Gasteiger partial charge on any atom is 0.317 e. The zero-order chi connectivity index (χ0) is 19.4. The Morgan fingerprint density at radius 1 is 1.14 bits per heavy atom. The van der Waals surface area contributed by atoms with E-state index in [1.54, 1.807) is 6.26 Å². The predicted molar refractivity (Wildman–Crippen MR) is 106 cm³/mol. The second kappa shape index (κ2) is 8.09. The summed E-state index contributed by atoms with van der Waals surface area (Å²) in [5, 5.41) is 6.17. The number of hydrogen-bond acceptors (Lipinski definition) is 3. The van der Waals surface area contributed by atoms with Crippen molar-refractivity contribution in [2.75, 3.05) is 19.6 Å². The Kier molecular flexibility index (Phi) is 5.37. The minimum absolute atomic E-state index is 0.0227. The molecule has 2 fully saturated rings. The molecule has 2 aliphatic heterocycles. The fourth-order valence-corrected chi connectivity index (χ4v) is 4.37. The van der Waals surface area contributed by atoms with Gasteiger partial charge in [-0.3, -0.25) is 4.79 Å². The van der Waals surface area contributed by atoms with Gasteiger partial charge < -0.3 is 20.0 Å². The Bertz CT molecular complexity index is 796. The lowest BCUT2D eigenvalue weighted by Gasteiger charge is -2.39. The van der Waals surface area contributed by atoms with Crippen LogP contribution in [0.5, 0.6) is 0 Å². The van der Waals surface area contributed by atoms with Crippen molar-refractivity contribution in [2.45, 2.75) is 43.6 Å². The Hall–Kier alpha value is -2.76. The van der Waals surface area contributed by atoms with E-state index in [4.69, 9.17) is 4.42 Å². The first kappa shape index (κ1) is 18.6. The number of carbonyl (C=O) groups is 2. The van der Waals surface area contributed by atoms with E-state index in [1.165, 1.54) is 5.56 Å². The molecule has 0 radical (unpaired) electrons. The van der Waals surface area contributed by atoms with Gasteiger partial charge in [-0.1, -0.05) is 30.3 Å². The van der Waals surface area contributed by atoms with E-state index in [9.17, 15) is 9.59 Å². The van der Waals surface area contributed by atoms with E-state index in [0.717, 1.165) is 31.4 Å². The standard InChI is InChI=1S/C22H27N3O3/c26-20-8-10-22(24-20)11-14-25(15-12-22)21(27)23-13-9-18(19-7-4-16-28-19)17-5-2-1-3-6-17/h1-7,16,18H,8-15H2,(H,23,27)(H,24,26)/t18-/m1/s1. The normalized spacial score (nSPS) is 19.4. The van der Waals surface area contributed by atoms with Gasteiger partial charge in [-0.05, 0) is 43.4 Å². The van der Waals surface area contributed by atoms with Crippen molar-refractivity contribution < 1.29 is 14.0 Å². The van der Waals surface area contributed by atoms with Crippen molar-refractivity contribution in [1.29, 1.82) is 0 Å². The summed E-state index contributed by atoms with van der Waals surface area (Å²) in [4.78, 5) is 26.0. The Balaban J connectivity index is 1.29. The molecule has 1 atom stereocenters. The van der Waals surface area contributed by atoms with Gasteiger partial charge in [0, 0.05) is 37.5 Å². The van der Waals surface area contributed by atoms with Crippen LogP contribution in [-0.4, -0.2) is 42.0 Å². The zero-order valence-corrected chi connectivity index (χ0v) is 16.0. The Labute approximate surface area is 165 Å². The van der Waals surface area contributed by atoms with Gasteiger partial charge in [-0.15, -0.1) is 0 Å². The smallest absolute Gasteiger partial charge is 0.317 e. The number of nitrogens with zero attached hydrogens (tertiary/aromatic N) is 1. The third kappa shape index (κ3) is 4.06. The lowest BCUT2D eigenvalue weighted by Crippen LogP contribution is -2.54. The van der Waals surface area contributed by atoms with Crippen LogP contribution >= 0.6 is 0 Å². The summed E-state index contributed by atoms with van der Waals surface area (Å²) in [7, 11) is 0. The quantitative estimate of drug-likeness (QED) is 0.835. The second-order valence-corrected chi connectivity index (χ2v) is 7.81. The van der Waals surface area contributed by atoms with Gasteiger partial charge in [0.05, 0.1) is 6.26 Å². The summed E-state index contributed by atoms with van der Waals surface area (Å²) in [6, 6.07) is 14.1. The summed E-state index contributed by atoms with van der Waals surface area (Å²) in [6.07, 6.45) is 5.64. The molecule has 1 spiro atoms. The molecule has 0 bridgehead atoms. The fourth-order valence-electron chi connectivity index (χ4n) is 4.37. The van der Waals surface area contributed by atoms with Gasteiger partial charge in [0.15, 0.2) is 0 Å². The van der Waals surface area contributed by atoms with E-state index >= 15 is 0 Å². The number of furan rings is 1. The first-order chi connectivity index (χ1) is 13.7. The van der Waals surface area contributed by atoms with Crippen LogP contribution in [0, 0.1) is 0 Å². The summed E-state index contributed by atoms with van der Waals surface area (Å²) in [6.45, 7) is 1.95. The van der Waals surface area contributed by atoms with E-state index in [0.29, 0.717) is 26.1 Å². The molecule has 2 aromatic rings. The summed E-state index contributed by atoms with van der Waals surface area (Å²) in [5.74, 6) is 1.18. The van der Waals surface area contributed by atoms with Crippen LogP contribution in [0.4, 0.5) is 4.79 Å². The highest BCUT2D eigenvalue weighted by molar-refractivity contribution is 5.79. The molecule has 6 nitrogen and oxygen atoms in total. The topological polar surface area (TPSA) is 74.6 Å². The number of rotatable bonds is 5. The van der Waals surface area contributed by atoms with Crippen molar-refractivity contribution in [1.82, 2.24) is 15.5 Å². The maximum absolute atomic E-state index is 12.6. The lowest BCUT2D eigenvalue weighted by molar-refractivity contribution is -0.120. The van der Waals surface area contributed by atoms with Gasteiger partial charge >= 0.3 is 6.03 Å². The highest BCUT2D eigenvalue weighted by Gasteiger charge is 2.40. The summed E-state index contributed by atoms with van der Waals surface area (Å²) >= 11 is 0. The van der Waals surface area contributed by atoms with Gasteiger partial charge in [0.1, 0.15) is 5.76 Å². The molecule has 6 heteroatoms. The van der Waals surface area contributed by atoms with Crippen molar-refractivity contribution in [3.8, 4) is 0 Å². The molecule has 2 saturated heterocycles. The minimum Gasteiger partial charge on any atom is -0.469 e. The van der Waals surface area contributed by atoms with E-state index in [-0.39, 0.29) is 23.4 Å². The van der Waals surface area contributed by atoms with E-state index in [2.05, 4.69) is 22.8 Å². The number of nitrogens with one attached hydrogen (secondary N) is 2. The third-order valence-corrected chi connectivity index (χ3v) is 6.04. The van der Waals surface area contributed by atoms with Crippen molar-refractivity contribution >= 4 is 11.9 Å². The van der Waals surface area contributed by atoms with Crippen LogP contribution in [0.1, 0.15) is 49.3 Å². The number of benzene rings is 1. The first-order valence-corrected chi connectivity index (χ1v) is 10.1. The number of likely N-dealkylation sites (tertiary alicyclic amines) is 1. The molecule has 148 valence electrons. The highest BCUT2D eigenvalue weighted by atomic mass is 16.3. The Morgan fingerprint density at radius 3 is 2.57 bits per heavy atom. The average Bonchev–Trinajstić information content (AvgIpc) is 3.37. The maximum atomic E-state index is 12.6. The van der Waals surface area contributed by atoms with Gasteiger partial charge in [-0.25, -0.2) is 4.79 Å². The minimum atomic E-state index is -0.0778. The van der Waals surface area contributed by atoms with E-state index < -0.39 is 0 Å². The number of amides is 3. The van der Waals surface area contributed by atoms with E-state index in [1.807, 2.05) is 35.2 Å². The molecule has 2 aliphatic rings. The molecule has 1 aromatic heterocycles. The molecule has 2 N–H and O–H groups in total. The predicted octanol–water partition coefficient (Wildman–Crippen LogP) is 3.26. The second-order valence-electron chi connectivity index (χ2n) is 7.81. The van der Waals surface area contributed by atoms with Crippen LogP contribution in [0.25, 0.3) is 0 Å². The summed E-state index contributed by atoms with van der Waals surface area (Å²) < 4.78 is 5.63. The molecule has 0 saturated carbocycles. The summed E-state index contributed by atoms with van der Waals surface area (Å²) in [5.41, 5.74) is 1.11. The molecule has 28 heavy (non-hydrogen) atoms. The van der Waals surface area contributed by atoms with Crippen molar-refractivity contribution in [3.63, 3.8) is 0 Å². The molecule has 1 aromatic carbocycles. The van der Waals surface area contributed by atoms with Crippen LogP contribution < -0.4 is 10.6 Å².